The van der Waals surface area contributed by atoms with Crippen molar-refractivity contribution >= 4 is 29.0 Å². The fraction of sp³-hybridized carbons (Fsp3) is 0.188. The van der Waals surface area contributed by atoms with Gasteiger partial charge in [0.2, 0.25) is 0 Å². The maximum absolute atomic E-state index is 12.5. The summed E-state index contributed by atoms with van der Waals surface area (Å²) in [7, 11) is 0. The van der Waals surface area contributed by atoms with E-state index in [9.17, 15) is 4.79 Å². The SMILES string of the molecule is Cc1c(Cl)cccc1NC(=O)N1CCOc2ccccc21. The Hall–Kier alpha value is -2.20. The van der Waals surface area contributed by atoms with E-state index in [0.717, 1.165) is 22.7 Å². The number of para-hydroxylation sites is 2. The highest BCUT2D eigenvalue weighted by Crippen LogP contribution is 2.31. The summed E-state index contributed by atoms with van der Waals surface area (Å²) in [6.45, 7) is 2.88. The quantitative estimate of drug-likeness (QED) is 0.862. The van der Waals surface area contributed by atoms with E-state index in [-0.39, 0.29) is 6.03 Å². The predicted molar refractivity (Wildman–Crippen MR) is 84.5 cm³/mol. The van der Waals surface area contributed by atoms with Gasteiger partial charge >= 0.3 is 6.03 Å². The molecule has 3 rings (SSSR count). The van der Waals surface area contributed by atoms with E-state index < -0.39 is 0 Å². The van der Waals surface area contributed by atoms with Gasteiger partial charge in [-0.1, -0.05) is 29.8 Å². The van der Waals surface area contributed by atoms with Crippen molar-refractivity contribution in [1.29, 1.82) is 0 Å². The summed E-state index contributed by atoms with van der Waals surface area (Å²) in [5.41, 5.74) is 2.35. The molecule has 0 atom stereocenters. The summed E-state index contributed by atoms with van der Waals surface area (Å²) in [6.07, 6.45) is 0. The number of rotatable bonds is 1. The van der Waals surface area contributed by atoms with E-state index in [1.807, 2.05) is 43.3 Å². The number of ether oxygens (including phenoxy) is 1. The average molecular weight is 303 g/mol. The number of fused-ring (bicyclic) bond motifs is 1. The first kappa shape index (κ1) is 13.8. The summed E-state index contributed by atoms with van der Waals surface area (Å²) in [4.78, 5) is 14.2. The second kappa shape index (κ2) is 5.66. The predicted octanol–water partition coefficient (Wildman–Crippen LogP) is 4.08. The van der Waals surface area contributed by atoms with Crippen LogP contribution in [0, 0.1) is 6.92 Å². The minimum absolute atomic E-state index is 0.184. The topological polar surface area (TPSA) is 41.6 Å². The van der Waals surface area contributed by atoms with Gasteiger partial charge in [-0.05, 0) is 36.8 Å². The summed E-state index contributed by atoms with van der Waals surface area (Å²) in [5.74, 6) is 0.724. The third-order valence-electron chi connectivity index (χ3n) is 3.48. The van der Waals surface area contributed by atoms with Crippen molar-refractivity contribution in [2.24, 2.45) is 0 Å². The van der Waals surface area contributed by atoms with Gasteiger partial charge in [0, 0.05) is 10.7 Å². The molecule has 0 radical (unpaired) electrons. The molecule has 1 aliphatic heterocycles. The molecule has 2 amide bonds. The van der Waals surface area contributed by atoms with Crippen LogP contribution in [0.25, 0.3) is 0 Å². The van der Waals surface area contributed by atoms with Gasteiger partial charge in [-0.3, -0.25) is 4.90 Å². The molecule has 0 unspecified atom stereocenters. The molecule has 1 N–H and O–H groups in total. The number of carbonyl (C=O) groups is 1. The van der Waals surface area contributed by atoms with Crippen molar-refractivity contribution in [1.82, 2.24) is 0 Å². The van der Waals surface area contributed by atoms with E-state index in [1.54, 1.807) is 11.0 Å². The van der Waals surface area contributed by atoms with Crippen molar-refractivity contribution in [2.75, 3.05) is 23.4 Å². The van der Waals surface area contributed by atoms with Crippen molar-refractivity contribution in [3.8, 4) is 5.75 Å². The molecule has 0 aliphatic carbocycles. The molecule has 2 aromatic carbocycles. The molecular formula is C16H15ClN2O2. The van der Waals surface area contributed by atoms with Crippen LogP contribution in [-0.2, 0) is 0 Å². The largest absolute Gasteiger partial charge is 0.490 e. The molecule has 1 aliphatic rings. The molecule has 0 saturated heterocycles. The maximum Gasteiger partial charge on any atom is 0.326 e. The van der Waals surface area contributed by atoms with Gasteiger partial charge in [0.15, 0.2) is 0 Å². The number of nitrogens with one attached hydrogen (secondary N) is 1. The molecule has 4 nitrogen and oxygen atoms in total. The van der Waals surface area contributed by atoms with E-state index in [0.29, 0.717) is 18.2 Å². The highest BCUT2D eigenvalue weighted by Gasteiger charge is 2.23. The molecule has 108 valence electrons. The Morgan fingerprint density at radius 1 is 1.24 bits per heavy atom. The smallest absolute Gasteiger partial charge is 0.326 e. The van der Waals surface area contributed by atoms with Gasteiger partial charge in [-0.25, -0.2) is 4.79 Å². The van der Waals surface area contributed by atoms with Crippen molar-refractivity contribution in [3.05, 3.63) is 53.1 Å². The Labute approximate surface area is 128 Å². The first-order chi connectivity index (χ1) is 10.2. The van der Waals surface area contributed by atoms with Crippen LogP contribution < -0.4 is 15.0 Å². The highest BCUT2D eigenvalue weighted by molar-refractivity contribution is 6.31. The molecule has 0 fully saturated rings. The van der Waals surface area contributed by atoms with Crippen LogP contribution in [0.4, 0.5) is 16.2 Å². The van der Waals surface area contributed by atoms with E-state index >= 15 is 0 Å². The number of anilines is 2. The summed E-state index contributed by atoms with van der Waals surface area (Å²) >= 11 is 6.08. The van der Waals surface area contributed by atoms with Gasteiger partial charge in [0.1, 0.15) is 12.4 Å². The Morgan fingerprint density at radius 3 is 2.90 bits per heavy atom. The van der Waals surface area contributed by atoms with E-state index in [2.05, 4.69) is 5.32 Å². The van der Waals surface area contributed by atoms with E-state index in [4.69, 9.17) is 16.3 Å². The maximum atomic E-state index is 12.5. The molecule has 0 saturated carbocycles. The second-order valence-corrected chi connectivity index (χ2v) is 5.22. The third kappa shape index (κ3) is 2.67. The van der Waals surface area contributed by atoms with Crippen molar-refractivity contribution < 1.29 is 9.53 Å². The number of amides is 2. The molecular weight excluding hydrogens is 288 g/mol. The third-order valence-corrected chi connectivity index (χ3v) is 3.89. The number of halogens is 1. The molecule has 5 heteroatoms. The summed E-state index contributed by atoms with van der Waals surface area (Å²) in [6, 6.07) is 12.8. The summed E-state index contributed by atoms with van der Waals surface area (Å²) in [5, 5.41) is 3.54. The number of urea groups is 1. The van der Waals surface area contributed by atoms with Crippen LogP contribution >= 0.6 is 11.6 Å². The minimum Gasteiger partial charge on any atom is -0.490 e. The van der Waals surface area contributed by atoms with Gasteiger partial charge in [-0.15, -0.1) is 0 Å². The zero-order valence-electron chi connectivity index (χ0n) is 11.6. The Balaban J connectivity index is 1.85. The lowest BCUT2D eigenvalue weighted by molar-refractivity contribution is 0.250. The van der Waals surface area contributed by atoms with Gasteiger partial charge in [0.25, 0.3) is 0 Å². The zero-order chi connectivity index (χ0) is 14.8. The monoisotopic (exact) mass is 302 g/mol. The molecule has 0 bridgehead atoms. The Kier molecular flexibility index (Phi) is 3.71. The first-order valence-electron chi connectivity index (χ1n) is 6.72. The number of benzene rings is 2. The number of hydrogen-bond donors (Lipinski definition) is 1. The van der Waals surface area contributed by atoms with Crippen LogP contribution in [-0.4, -0.2) is 19.2 Å². The average Bonchev–Trinajstić information content (AvgIpc) is 2.51. The normalized spacial score (nSPS) is 13.3. The fourth-order valence-corrected chi connectivity index (χ4v) is 2.48. The lowest BCUT2D eigenvalue weighted by Crippen LogP contribution is -2.40. The lowest BCUT2D eigenvalue weighted by atomic mass is 10.2. The highest BCUT2D eigenvalue weighted by atomic mass is 35.5. The first-order valence-corrected chi connectivity index (χ1v) is 7.10. The van der Waals surface area contributed by atoms with Crippen LogP contribution in [0.5, 0.6) is 5.75 Å². The Morgan fingerprint density at radius 2 is 2.05 bits per heavy atom. The lowest BCUT2D eigenvalue weighted by Gasteiger charge is -2.29. The van der Waals surface area contributed by atoms with Gasteiger partial charge < -0.3 is 10.1 Å². The fourth-order valence-electron chi connectivity index (χ4n) is 2.31. The van der Waals surface area contributed by atoms with Crippen LogP contribution in [0.1, 0.15) is 5.56 Å². The Bertz CT molecular complexity index is 688. The number of carbonyl (C=O) groups excluding carboxylic acids is 1. The van der Waals surface area contributed by atoms with Crippen LogP contribution in [0.15, 0.2) is 42.5 Å². The second-order valence-electron chi connectivity index (χ2n) is 4.81. The van der Waals surface area contributed by atoms with Crippen molar-refractivity contribution in [2.45, 2.75) is 6.92 Å². The molecule has 0 aromatic heterocycles. The van der Waals surface area contributed by atoms with E-state index in [1.165, 1.54) is 0 Å². The molecule has 2 aromatic rings. The molecule has 21 heavy (non-hydrogen) atoms. The molecule has 0 spiro atoms. The minimum atomic E-state index is -0.184. The zero-order valence-corrected chi connectivity index (χ0v) is 12.4. The number of nitrogens with zero attached hydrogens (tertiary/aromatic N) is 1. The van der Waals surface area contributed by atoms with Gasteiger partial charge in [-0.2, -0.15) is 0 Å². The van der Waals surface area contributed by atoms with Crippen LogP contribution in [0.2, 0.25) is 5.02 Å². The van der Waals surface area contributed by atoms with Crippen molar-refractivity contribution in [3.63, 3.8) is 0 Å². The van der Waals surface area contributed by atoms with Crippen LogP contribution in [0.3, 0.4) is 0 Å². The number of hydrogen-bond acceptors (Lipinski definition) is 2. The van der Waals surface area contributed by atoms with Gasteiger partial charge in [0.05, 0.1) is 12.2 Å². The summed E-state index contributed by atoms with van der Waals surface area (Å²) < 4.78 is 5.55. The molecule has 1 heterocycles. The standard InChI is InChI=1S/C16H15ClN2O2/c1-11-12(17)5-4-6-13(11)18-16(20)19-9-10-21-15-8-3-2-7-14(15)19/h2-8H,9-10H2,1H3,(H,18,20).